The molecule has 2 rings (SSSR count). The fourth-order valence-electron chi connectivity index (χ4n) is 1.57. The highest BCUT2D eigenvalue weighted by atomic mass is 32.2. The van der Waals surface area contributed by atoms with Crippen molar-refractivity contribution in [3.05, 3.63) is 59.9 Å². The molecule has 0 fully saturated rings. The number of aromatic nitrogens is 1. The van der Waals surface area contributed by atoms with Crippen LogP contribution in [0.3, 0.4) is 0 Å². The van der Waals surface area contributed by atoms with Gasteiger partial charge < -0.3 is 5.73 Å². The quantitative estimate of drug-likeness (QED) is 0.826. The lowest BCUT2D eigenvalue weighted by molar-refractivity contribution is 0.558. The van der Waals surface area contributed by atoms with Gasteiger partial charge in [-0.3, -0.25) is 4.98 Å². The first-order chi connectivity index (χ1) is 8.99. The van der Waals surface area contributed by atoms with E-state index in [0.717, 1.165) is 5.56 Å². The minimum Gasteiger partial charge on any atom is -0.310 e. The third kappa shape index (κ3) is 3.37. The van der Waals surface area contributed by atoms with Gasteiger partial charge in [0.1, 0.15) is 6.17 Å². The summed E-state index contributed by atoms with van der Waals surface area (Å²) in [5, 5.41) is 0. The van der Waals surface area contributed by atoms with Crippen molar-refractivity contribution in [2.45, 2.75) is 18.0 Å². The van der Waals surface area contributed by atoms with Gasteiger partial charge in [0.05, 0.1) is 10.6 Å². The zero-order chi connectivity index (χ0) is 13.9. The standard InChI is InChI=1S/C13H15N3O2S/c1-10-5-7-11(8-6-10)19(17,18)16-13(14)12-4-2-3-9-15-12/h2-9,13,16H,14H2,1H3. The Hall–Kier alpha value is -1.76. The van der Waals surface area contributed by atoms with Crippen molar-refractivity contribution in [2.75, 3.05) is 0 Å². The SMILES string of the molecule is Cc1ccc(S(=O)(=O)NC(N)c2ccccn2)cc1. The zero-order valence-electron chi connectivity index (χ0n) is 10.4. The third-order valence-electron chi connectivity index (χ3n) is 2.62. The fraction of sp³-hybridized carbons (Fsp3) is 0.154. The van der Waals surface area contributed by atoms with Crippen molar-refractivity contribution >= 4 is 10.0 Å². The molecule has 6 heteroatoms. The minimum atomic E-state index is -3.64. The predicted octanol–water partition coefficient (Wildman–Crippen LogP) is 1.33. The lowest BCUT2D eigenvalue weighted by Gasteiger charge is -2.13. The van der Waals surface area contributed by atoms with E-state index >= 15 is 0 Å². The largest absolute Gasteiger partial charge is 0.310 e. The molecule has 1 unspecified atom stereocenters. The number of benzene rings is 1. The van der Waals surface area contributed by atoms with E-state index in [1.54, 1.807) is 48.7 Å². The first-order valence-electron chi connectivity index (χ1n) is 5.74. The van der Waals surface area contributed by atoms with Gasteiger partial charge in [0, 0.05) is 6.20 Å². The van der Waals surface area contributed by atoms with Crippen molar-refractivity contribution in [1.82, 2.24) is 9.71 Å². The smallest absolute Gasteiger partial charge is 0.242 e. The molecule has 19 heavy (non-hydrogen) atoms. The molecule has 100 valence electrons. The Kier molecular flexibility index (Phi) is 3.94. The molecule has 0 bridgehead atoms. The molecule has 0 spiro atoms. The highest BCUT2D eigenvalue weighted by molar-refractivity contribution is 7.89. The molecule has 5 nitrogen and oxygen atoms in total. The van der Waals surface area contributed by atoms with Crippen molar-refractivity contribution < 1.29 is 8.42 Å². The molecule has 0 saturated carbocycles. The summed E-state index contributed by atoms with van der Waals surface area (Å²) in [6.07, 6.45) is 0.697. The number of aryl methyl sites for hydroxylation is 1. The molecule has 0 aliphatic carbocycles. The van der Waals surface area contributed by atoms with Gasteiger partial charge >= 0.3 is 0 Å². The Morgan fingerprint density at radius 3 is 2.42 bits per heavy atom. The van der Waals surface area contributed by atoms with Crippen LogP contribution in [0.2, 0.25) is 0 Å². The number of hydrogen-bond donors (Lipinski definition) is 2. The van der Waals surface area contributed by atoms with E-state index < -0.39 is 16.2 Å². The second-order valence-corrected chi connectivity index (χ2v) is 5.88. The highest BCUT2D eigenvalue weighted by Crippen LogP contribution is 2.13. The predicted molar refractivity (Wildman–Crippen MR) is 72.7 cm³/mol. The summed E-state index contributed by atoms with van der Waals surface area (Å²) in [7, 11) is -3.64. The average Bonchev–Trinajstić information content (AvgIpc) is 2.40. The Bertz CT molecular complexity index is 639. The first kappa shape index (κ1) is 13.7. The molecular formula is C13H15N3O2S. The molecule has 0 radical (unpaired) electrons. The van der Waals surface area contributed by atoms with Gasteiger partial charge in [-0.2, -0.15) is 4.72 Å². The number of nitrogens with two attached hydrogens (primary N) is 1. The molecule has 1 atom stereocenters. The van der Waals surface area contributed by atoms with Crippen LogP contribution < -0.4 is 10.5 Å². The van der Waals surface area contributed by atoms with E-state index in [4.69, 9.17) is 5.73 Å². The maximum Gasteiger partial charge on any atom is 0.242 e. The first-order valence-corrected chi connectivity index (χ1v) is 7.23. The van der Waals surface area contributed by atoms with E-state index in [0.29, 0.717) is 5.69 Å². The number of rotatable bonds is 4. The summed E-state index contributed by atoms with van der Waals surface area (Å²) < 4.78 is 26.6. The zero-order valence-corrected chi connectivity index (χ0v) is 11.3. The maximum atomic E-state index is 12.1. The van der Waals surface area contributed by atoms with E-state index in [-0.39, 0.29) is 4.90 Å². The normalized spacial score (nSPS) is 13.2. The molecule has 0 aliphatic heterocycles. The van der Waals surface area contributed by atoms with Crippen molar-refractivity contribution in [1.29, 1.82) is 0 Å². The maximum absolute atomic E-state index is 12.1. The van der Waals surface area contributed by atoms with Crippen LogP contribution in [-0.4, -0.2) is 13.4 Å². The summed E-state index contributed by atoms with van der Waals surface area (Å²) in [5.41, 5.74) is 7.26. The molecule has 1 heterocycles. The van der Waals surface area contributed by atoms with Gasteiger partial charge in [-0.25, -0.2) is 8.42 Å². The van der Waals surface area contributed by atoms with Crippen LogP contribution in [0.15, 0.2) is 53.6 Å². The molecule has 0 aliphatic rings. The molecule has 1 aromatic heterocycles. The number of pyridine rings is 1. The minimum absolute atomic E-state index is 0.185. The summed E-state index contributed by atoms with van der Waals surface area (Å²) in [6, 6.07) is 11.7. The lowest BCUT2D eigenvalue weighted by Crippen LogP contribution is -2.34. The molecule has 1 aromatic carbocycles. The Balaban J connectivity index is 2.20. The van der Waals surface area contributed by atoms with Gasteiger partial charge in [0.15, 0.2) is 0 Å². The van der Waals surface area contributed by atoms with Crippen LogP contribution in [0, 0.1) is 6.92 Å². The molecule has 2 aromatic rings. The molecule has 0 saturated heterocycles. The fourth-order valence-corrected chi connectivity index (χ4v) is 2.66. The van der Waals surface area contributed by atoms with E-state index in [9.17, 15) is 8.42 Å². The number of nitrogens with zero attached hydrogens (tertiary/aromatic N) is 1. The third-order valence-corrected chi connectivity index (χ3v) is 4.08. The topological polar surface area (TPSA) is 85.1 Å². The molecular weight excluding hydrogens is 262 g/mol. The summed E-state index contributed by atoms with van der Waals surface area (Å²) in [6.45, 7) is 1.89. The van der Waals surface area contributed by atoms with Crippen LogP contribution in [0.1, 0.15) is 17.4 Å². The van der Waals surface area contributed by atoms with Crippen LogP contribution in [0.5, 0.6) is 0 Å². The molecule has 0 amide bonds. The Morgan fingerprint density at radius 2 is 1.84 bits per heavy atom. The van der Waals surface area contributed by atoms with Crippen molar-refractivity contribution in [2.24, 2.45) is 5.73 Å². The van der Waals surface area contributed by atoms with Gasteiger partial charge in [0.2, 0.25) is 10.0 Å². The second-order valence-electron chi connectivity index (χ2n) is 4.17. The van der Waals surface area contributed by atoms with E-state index in [1.165, 1.54) is 0 Å². The van der Waals surface area contributed by atoms with Crippen molar-refractivity contribution in [3.63, 3.8) is 0 Å². The Labute approximate surface area is 112 Å². The average molecular weight is 277 g/mol. The number of sulfonamides is 1. The van der Waals surface area contributed by atoms with Gasteiger partial charge in [-0.1, -0.05) is 23.8 Å². The number of hydrogen-bond acceptors (Lipinski definition) is 4. The van der Waals surface area contributed by atoms with E-state index in [2.05, 4.69) is 9.71 Å². The summed E-state index contributed by atoms with van der Waals surface area (Å²) >= 11 is 0. The van der Waals surface area contributed by atoms with Gasteiger partial charge in [-0.15, -0.1) is 0 Å². The molecule has 3 N–H and O–H groups in total. The van der Waals surface area contributed by atoms with Crippen LogP contribution in [-0.2, 0) is 10.0 Å². The highest BCUT2D eigenvalue weighted by Gasteiger charge is 2.18. The van der Waals surface area contributed by atoms with Crippen molar-refractivity contribution in [3.8, 4) is 0 Å². The van der Waals surface area contributed by atoms with Crippen LogP contribution >= 0.6 is 0 Å². The monoisotopic (exact) mass is 277 g/mol. The van der Waals surface area contributed by atoms with Crippen LogP contribution in [0.4, 0.5) is 0 Å². The van der Waals surface area contributed by atoms with Crippen LogP contribution in [0.25, 0.3) is 0 Å². The van der Waals surface area contributed by atoms with Gasteiger partial charge in [-0.05, 0) is 31.2 Å². The summed E-state index contributed by atoms with van der Waals surface area (Å²) in [4.78, 5) is 4.20. The van der Waals surface area contributed by atoms with Gasteiger partial charge in [0.25, 0.3) is 0 Å². The summed E-state index contributed by atoms with van der Waals surface area (Å²) in [5.74, 6) is 0. The lowest BCUT2D eigenvalue weighted by atomic mass is 10.2. The Morgan fingerprint density at radius 1 is 1.16 bits per heavy atom. The van der Waals surface area contributed by atoms with E-state index in [1.807, 2.05) is 6.92 Å². The number of nitrogens with one attached hydrogen (secondary N) is 1. The second kappa shape index (κ2) is 5.48.